The topological polar surface area (TPSA) is 55.0 Å². The van der Waals surface area contributed by atoms with Crippen LogP contribution in [-0.4, -0.2) is 17.0 Å². The van der Waals surface area contributed by atoms with Gasteiger partial charge in [0.15, 0.2) is 0 Å². The zero-order chi connectivity index (χ0) is 13.0. The highest BCUT2D eigenvalue weighted by Gasteiger charge is 2.07. The molecule has 0 saturated carbocycles. The summed E-state index contributed by atoms with van der Waals surface area (Å²) in [7, 11) is 1.97. The van der Waals surface area contributed by atoms with E-state index < -0.39 is 0 Å². The molecule has 18 heavy (non-hydrogen) atoms. The van der Waals surface area contributed by atoms with Crippen LogP contribution in [0.5, 0.6) is 0 Å². The van der Waals surface area contributed by atoms with Crippen LogP contribution in [0.25, 0.3) is 0 Å². The lowest BCUT2D eigenvalue weighted by Crippen LogP contribution is -2.20. The fourth-order valence-corrected chi connectivity index (χ4v) is 2.05. The van der Waals surface area contributed by atoms with Crippen molar-refractivity contribution < 1.29 is 0 Å². The second-order valence-corrected chi connectivity index (χ2v) is 4.85. The summed E-state index contributed by atoms with van der Waals surface area (Å²) < 4.78 is 1.09. The molecule has 0 amide bonds. The van der Waals surface area contributed by atoms with Crippen molar-refractivity contribution in [2.45, 2.75) is 13.1 Å². The van der Waals surface area contributed by atoms with Crippen LogP contribution in [0.4, 0.5) is 5.95 Å². The van der Waals surface area contributed by atoms with Gasteiger partial charge in [0, 0.05) is 30.8 Å². The first-order chi connectivity index (χ1) is 8.70. The number of halogens is 1. The van der Waals surface area contributed by atoms with Gasteiger partial charge in [-0.3, -0.25) is 0 Å². The molecule has 0 aliphatic carbocycles. The molecule has 0 fully saturated rings. The average molecular weight is 307 g/mol. The van der Waals surface area contributed by atoms with Crippen LogP contribution in [0, 0.1) is 0 Å². The van der Waals surface area contributed by atoms with E-state index in [0.29, 0.717) is 12.5 Å². The van der Waals surface area contributed by atoms with Crippen LogP contribution in [0.1, 0.15) is 11.3 Å². The Balaban J connectivity index is 2.16. The minimum atomic E-state index is 0.429. The van der Waals surface area contributed by atoms with Crippen LogP contribution in [-0.2, 0) is 13.1 Å². The zero-order valence-corrected chi connectivity index (χ0v) is 11.8. The Morgan fingerprint density at radius 1 is 1.28 bits per heavy atom. The lowest BCUT2D eigenvalue weighted by Gasteiger charge is -2.18. The highest BCUT2D eigenvalue weighted by atomic mass is 79.9. The monoisotopic (exact) mass is 306 g/mol. The molecular formula is C13H15BrN4. The number of benzene rings is 1. The van der Waals surface area contributed by atoms with Crippen LogP contribution < -0.4 is 10.6 Å². The standard InChI is InChI=1S/C13H15BrN4/c1-18(9-10-4-2-3-5-12(10)14)13-16-7-6-11(8-15)17-13/h2-7H,8-9,15H2,1H3. The summed E-state index contributed by atoms with van der Waals surface area (Å²) in [4.78, 5) is 10.6. The van der Waals surface area contributed by atoms with Gasteiger partial charge in [-0.2, -0.15) is 0 Å². The number of hydrogen-bond donors (Lipinski definition) is 1. The summed E-state index contributed by atoms with van der Waals surface area (Å²) in [6, 6.07) is 9.95. The number of nitrogens with two attached hydrogens (primary N) is 1. The zero-order valence-electron chi connectivity index (χ0n) is 10.2. The van der Waals surface area contributed by atoms with E-state index in [9.17, 15) is 0 Å². The highest BCUT2D eigenvalue weighted by molar-refractivity contribution is 9.10. The van der Waals surface area contributed by atoms with E-state index in [1.54, 1.807) is 6.20 Å². The van der Waals surface area contributed by atoms with Gasteiger partial charge in [-0.1, -0.05) is 34.1 Å². The third-order valence-corrected chi connectivity index (χ3v) is 3.39. The molecule has 0 aliphatic rings. The summed E-state index contributed by atoms with van der Waals surface area (Å²) in [5, 5.41) is 0. The normalized spacial score (nSPS) is 10.4. The molecular weight excluding hydrogens is 292 g/mol. The van der Waals surface area contributed by atoms with Gasteiger partial charge in [-0.25, -0.2) is 9.97 Å². The van der Waals surface area contributed by atoms with Crippen LogP contribution in [0.15, 0.2) is 41.0 Å². The molecule has 2 N–H and O–H groups in total. The van der Waals surface area contributed by atoms with Crippen LogP contribution in [0.3, 0.4) is 0 Å². The molecule has 4 nitrogen and oxygen atoms in total. The molecule has 0 atom stereocenters. The fourth-order valence-electron chi connectivity index (χ4n) is 1.64. The van der Waals surface area contributed by atoms with E-state index in [2.05, 4.69) is 32.0 Å². The SMILES string of the molecule is CN(Cc1ccccc1Br)c1nccc(CN)n1. The van der Waals surface area contributed by atoms with Crippen molar-refractivity contribution in [3.05, 3.63) is 52.3 Å². The number of hydrogen-bond acceptors (Lipinski definition) is 4. The first kappa shape index (κ1) is 13.0. The maximum atomic E-state index is 5.58. The van der Waals surface area contributed by atoms with Gasteiger partial charge in [-0.05, 0) is 17.7 Å². The largest absolute Gasteiger partial charge is 0.340 e. The lowest BCUT2D eigenvalue weighted by atomic mass is 10.2. The molecule has 1 aromatic carbocycles. The highest BCUT2D eigenvalue weighted by Crippen LogP contribution is 2.18. The molecule has 5 heteroatoms. The average Bonchev–Trinajstić information content (AvgIpc) is 2.41. The molecule has 2 aromatic rings. The Hall–Kier alpha value is -1.46. The predicted molar refractivity (Wildman–Crippen MR) is 76.2 cm³/mol. The fraction of sp³-hybridized carbons (Fsp3) is 0.231. The second-order valence-electron chi connectivity index (χ2n) is 4.00. The van der Waals surface area contributed by atoms with E-state index >= 15 is 0 Å². The third-order valence-electron chi connectivity index (χ3n) is 2.62. The first-order valence-corrected chi connectivity index (χ1v) is 6.46. The molecule has 0 bridgehead atoms. The first-order valence-electron chi connectivity index (χ1n) is 5.67. The van der Waals surface area contributed by atoms with Gasteiger partial charge in [0.05, 0.1) is 5.69 Å². The van der Waals surface area contributed by atoms with Gasteiger partial charge < -0.3 is 10.6 Å². The maximum absolute atomic E-state index is 5.58. The molecule has 1 aromatic heterocycles. The van der Waals surface area contributed by atoms with Crippen molar-refractivity contribution in [3.8, 4) is 0 Å². The summed E-state index contributed by atoms with van der Waals surface area (Å²) in [5.41, 5.74) is 7.62. The van der Waals surface area contributed by atoms with Crippen molar-refractivity contribution in [1.29, 1.82) is 0 Å². The summed E-state index contributed by atoms with van der Waals surface area (Å²) in [6.45, 7) is 1.17. The molecule has 2 rings (SSSR count). The Labute approximate surface area is 115 Å². The van der Waals surface area contributed by atoms with Crippen molar-refractivity contribution in [1.82, 2.24) is 9.97 Å². The molecule has 0 aliphatic heterocycles. The van der Waals surface area contributed by atoms with Crippen molar-refractivity contribution in [3.63, 3.8) is 0 Å². The van der Waals surface area contributed by atoms with E-state index in [4.69, 9.17) is 5.73 Å². The molecule has 0 unspecified atom stereocenters. The van der Waals surface area contributed by atoms with Crippen LogP contribution >= 0.6 is 15.9 Å². The maximum Gasteiger partial charge on any atom is 0.225 e. The van der Waals surface area contributed by atoms with Gasteiger partial charge in [0.2, 0.25) is 5.95 Å². The molecule has 0 spiro atoms. The Bertz CT molecular complexity index is 530. The molecule has 1 heterocycles. The number of rotatable bonds is 4. The lowest BCUT2D eigenvalue weighted by molar-refractivity contribution is 0.843. The minimum absolute atomic E-state index is 0.429. The third kappa shape index (κ3) is 3.05. The number of aromatic nitrogens is 2. The molecule has 0 saturated heterocycles. The summed E-state index contributed by atoms with van der Waals surface area (Å²) >= 11 is 3.54. The van der Waals surface area contributed by atoms with E-state index in [1.165, 1.54) is 5.56 Å². The second kappa shape index (κ2) is 5.93. The molecule has 94 valence electrons. The number of nitrogens with zero attached hydrogens (tertiary/aromatic N) is 3. The smallest absolute Gasteiger partial charge is 0.225 e. The van der Waals surface area contributed by atoms with Gasteiger partial charge >= 0.3 is 0 Å². The summed E-state index contributed by atoms with van der Waals surface area (Å²) in [6.07, 6.45) is 1.74. The van der Waals surface area contributed by atoms with Gasteiger partial charge in [0.1, 0.15) is 0 Å². The minimum Gasteiger partial charge on any atom is -0.340 e. The van der Waals surface area contributed by atoms with Crippen molar-refractivity contribution >= 4 is 21.9 Å². The predicted octanol–water partition coefficient (Wildman–Crippen LogP) is 2.33. The van der Waals surface area contributed by atoms with Gasteiger partial charge in [0.25, 0.3) is 0 Å². The van der Waals surface area contributed by atoms with E-state index in [1.807, 2.05) is 36.2 Å². The van der Waals surface area contributed by atoms with Gasteiger partial charge in [-0.15, -0.1) is 0 Å². The van der Waals surface area contributed by atoms with Crippen molar-refractivity contribution in [2.75, 3.05) is 11.9 Å². The van der Waals surface area contributed by atoms with E-state index in [0.717, 1.165) is 16.7 Å². The molecule has 0 radical (unpaired) electrons. The Morgan fingerprint density at radius 3 is 2.78 bits per heavy atom. The Kier molecular flexibility index (Phi) is 4.28. The number of anilines is 1. The van der Waals surface area contributed by atoms with Crippen LogP contribution in [0.2, 0.25) is 0 Å². The quantitative estimate of drug-likeness (QED) is 0.942. The van der Waals surface area contributed by atoms with E-state index in [-0.39, 0.29) is 0 Å². The summed E-state index contributed by atoms with van der Waals surface area (Å²) in [5.74, 6) is 0.689. The Morgan fingerprint density at radius 2 is 2.06 bits per heavy atom. The van der Waals surface area contributed by atoms with Crippen molar-refractivity contribution in [2.24, 2.45) is 5.73 Å².